The van der Waals surface area contributed by atoms with Gasteiger partial charge in [0, 0.05) is 30.2 Å². The Morgan fingerprint density at radius 1 is 1.31 bits per heavy atom. The van der Waals surface area contributed by atoms with Crippen molar-refractivity contribution in [2.24, 2.45) is 0 Å². The van der Waals surface area contributed by atoms with E-state index in [1.165, 1.54) is 0 Å². The number of aryl methyl sites for hydroxylation is 1. The predicted molar refractivity (Wildman–Crippen MR) is 64.5 cm³/mol. The van der Waals surface area contributed by atoms with Gasteiger partial charge >= 0.3 is 0 Å². The zero-order chi connectivity index (χ0) is 11.4. The smallest absolute Gasteiger partial charge is 0.130 e. The molecule has 16 heavy (non-hydrogen) atoms. The number of hydrogen-bond donors (Lipinski definition) is 1. The number of nitrogens with zero attached hydrogens (tertiary/aromatic N) is 3. The highest BCUT2D eigenvalue weighted by atomic mass is 15.3. The number of hydrogen-bond acceptors (Lipinski definition) is 3. The average molecular weight is 216 g/mol. The van der Waals surface area contributed by atoms with Crippen LogP contribution in [0, 0.1) is 6.92 Å². The maximum atomic E-state index is 4.33. The van der Waals surface area contributed by atoms with Crippen LogP contribution < -0.4 is 5.32 Å². The first kappa shape index (κ1) is 10.7. The molecule has 0 fully saturated rings. The third-order valence-electron chi connectivity index (χ3n) is 2.48. The second-order valence-electron chi connectivity index (χ2n) is 3.67. The monoisotopic (exact) mass is 216 g/mol. The van der Waals surface area contributed by atoms with Gasteiger partial charge in [-0.2, -0.15) is 5.10 Å². The molecule has 0 saturated carbocycles. The topological polar surface area (TPSA) is 42.7 Å². The molecule has 2 heterocycles. The van der Waals surface area contributed by atoms with Crippen LogP contribution in [0.1, 0.15) is 18.2 Å². The molecular weight excluding hydrogens is 200 g/mol. The van der Waals surface area contributed by atoms with E-state index in [2.05, 4.69) is 35.3 Å². The molecule has 2 aromatic heterocycles. The van der Waals surface area contributed by atoms with Crippen molar-refractivity contribution >= 4 is 5.82 Å². The summed E-state index contributed by atoms with van der Waals surface area (Å²) in [5, 5.41) is 7.53. The van der Waals surface area contributed by atoms with Crippen molar-refractivity contribution in [3.63, 3.8) is 0 Å². The van der Waals surface area contributed by atoms with Crippen LogP contribution in [-0.4, -0.2) is 21.3 Å². The Morgan fingerprint density at radius 2 is 2.19 bits per heavy atom. The Bertz CT molecular complexity index is 462. The van der Waals surface area contributed by atoms with E-state index in [1.807, 2.05) is 23.0 Å². The predicted octanol–water partition coefficient (Wildman–Crippen LogP) is 2.07. The fourth-order valence-electron chi connectivity index (χ4n) is 1.62. The highest BCUT2D eigenvalue weighted by molar-refractivity contribution is 5.43. The Balaban J connectivity index is 2.24. The van der Waals surface area contributed by atoms with Gasteiger partial charge in [-0.15, -0.1) is 0 Å². The lowest BCUT2D eigenvalue weighted by atomic mass is 10.2. The van der Waals surface area contributed by atoms with Crippen LogP contribution in [0.15, 0.2) is 30.6 Å². The first-order chi connectivity index (χ1) is 7.81. The molecule has 0 aliphatic carbocycles. The van der Waals surface area contributed by atoms with Gasteiger partial charge in [-0.05, 0) is 26.0 Å². The third-order valence-corrected chi connectivity index (χ3v) is 2.48. The molecular formula is C12H16N4. The fourth-order valence-corrected chi connectivity index (χ4v) is 1.62. The number of nitrogens with one attached hydrogen (secondary N) is 1. The van der Waals surface area contributed by atoms with Gasteiger partial charge < -0.3 is 5.32 Å². The molecule has 0 saturated heterocycles. The van der Waals surface area contributed by atoms with Gasteiger partial charge in [0.1, 0.15) is 5.82 Å². The first-order valence-electron chi connectivity index (χ1n) is 5.47. The maximum Gasteiger partial charge on any atom is 0.130 e. The van der Waals surface area contributed by atoms with E-state index in [9.17, 15) is 0 Å². The van der Waals surface area contributed by atoms with E-state index in [0.717, 1.165) is 30.2 Å². The van der Waals surface area contributed by atoms with Gasteiger partial charge in [0.05, 0.1) is 6.54 Å². The van der Waals surface area contributed by atoms with Crippen molar-refractivity contribution in [3.05, 3.63) is 41.9 Å². The van der Waals surface area contributed by atoms with Crippen molar-refractivity contribution in [1.29, 1.82) is 0 Å². The summed E-state index contributed by atoms with van der Waals surface area (Å²) >= 11 is 0. The average Bonchev–Trinajstić information content (AvgIpc) is 2.68. The van der Waals surface area contributed by atoms with E-state index in [0.29, 0.717) is 0 Å². The second-order valence-corrected chi connectivity index (χ2v) is 3.67. The van der Waals surface area contributed by atoms with E-state index in [-0.39, 0.29) is 0 Å². The SMILES string of the molecule is CCNc1ncccc1Cn1nccc1C. The lowest BCUT2D eigenvalue weighted by Gasteiger charge is -2.10. The van der Waals surface area contributed by atoms with Crippen LogP contribution >= 0.6 is 0 Å². The van der Waals surface area contributed by atoms with Crippen LogP contribution in [0.25, 0.3) is 0 Å². The van der Waals surface area contributed by atoms with Crippen LogP contribution in [-0.2, 0) is 6.54 Å². The maximum absolute atomic E-state index is 4.33. The summed E-state index contributed by atoms with van der Waals surface area (Å²) < 4.78 is 1.97. The minimum Gasteiger partial charge on any atom is -0.370 e. The molecule has 84 valence electrons. The summed E-state index contributed by atoms with van der Waals surface area (Å²) in [6.07, 6.45) is 3.62. The number of pyridine rings is 1. The molecule has 0 unspecified atom stereocenters. The van der Waals surface area contributed by atoms with E-state index in [1.54, 1.807) is 6.20 Å². The van der Waals surface area contributed by atoms with Crippen molar-refractivity contribution < 1.29 is 0 Å². The molecule has 0 aromatic carbocycles. The molecule has 0 radical (unpaired) electrons. The van der Waals surface area contributed by atoms with Crippen molar-refractivity contribution in [3.8, 4) is 0 Å². The van der Waals surface area contributed by atoms with Crippen LogP contribution in [0.4, 0.5) is 5.82 Å². The molecule has 0 bridgehead atoms. The largest absolute Gasteiger partial charge is 0.370 e. The molecule has 0 atom stereocenters. The normalized spacial score (nSPS) is 10.4. The van der Waals surface area contributed by atoms with Crippen molar-refractivity contribution in [2.45, 2.75) is 20.4 Å². The lowest BCUT2D eigenvalue weighted by Crippen LogP contribution is -2.08. The molecule has 0 aliphatic heterocycles. The Kier molecular flexibility index (Phi) is 3.19. The number of anilines is 1. The molecule has 1 N–H and O–H groups in total. The first-order valence-corrected chi connectivity index (χ1v) is 5.47. The fraction of sp³-hybridized carbons (Fsp3) is 0.333. The second kappa shape index (κ2) is 4.79. The number of aromatic nitrogens is 3. The number of rotatable bonds is 4. The van der Waals surface area contributed by atoms with Crippen LogP contribution in [0.5, 0.6) is 0 Å². The molecule has 4 heteroatoms. The summed E-state index contributed by atoms with van der Waals surface area (Å²) in [7, 11) is 0. The third kappa shape index (κ3) is 2.21. The quantitative estimate of drug-likeness (QED) is 0.850. The van der Waals surface area contributed by atoms with Gasteiger partial charge in [-0.3, -0.25) is 4.68 Å². The zero-order valence-corrected chi connectivity index (χ0v) is 9.64. The Hall–Kier alpha value is -1.84. The van der Waals surface area contributed by atoms with E-state index in [4.69, 9.17) is 0 Å². The van der Waals surface area contributed by atoms with Crippen molar-refractivity contribution in [1.82, 2.24) is 14.8 Å². The highest BCUT2D eigenvalue weighted by Crippen LogP contribution is 2.13. The zero-order valence-electron chi connectivity index (χ0n) is 9.64. The molecule has 0 spiro atoms. The molecule has 0 amide bonds. The van der Waals surface area contributed by atoms with Gasteiger partial charge in [0.25, 0.3) is 0 Å². The Morgan fingerprint density at radius 3 is 2.88 bits per heavy atom. The van der Waals surface area contributed by atoms with Gasteiger partial charge in [-0.25, -0.2) is 4.98 Å². The molecule has 2 rings (SSSR count). The molecule has 0 aliphatic rings. The van der Waals surface area contributed by atoms with Gasteiger partial charge in [0.2, 0.25) is 0 Å². The highest BCUT2D eigenvalue weighted by Gasteiger charge is 2.04. The minimum absolute atomic E-state index is 0.759. The summed E-state index contributed by atoms with van der Waals surface area (Å²) in [5.41, 5.74) is 2.32. The summed E-state index contributed by atoms with van der Waals surface area (Å²) in [6.45, 7) is 5.75. The van der Waals surface area contributed by atoms with Crippen molar-refractivity contribution in [2.75, 3.05) is 11.9 Å². The summed E-state index contributed by atoms with van der Waals surface area (Å²) in [5.74, 6) is 0.944. The molecule has 2 aromatic rings. The molecule has 4 nitrogen and oxygen atoms in total. The summed E-state index contributed by atoms with van der Waals surface area (Å²) in [4.78, 5) is 4.33. The lowest BCUT2D eigenvalue weighted by molar-refractivity contribution is 0.664. The standard InChI is InChI=1S/C12H16N4/c1-3-13-12-11(5-4-7-14-12)9-16-10(2)6-8-15-16/h4-8H,3,9H2,1-2H3,(H,13,14). The summed E-state index contributed by atoms with van der Waals surface area (Å²) in [6, 6.07) is 6.03. The van der Waals surface area contributed by atoms with Gasteiger partial charge in [-0.1, -0.05) is 6.07 Å². The van der Waals surface area contributed by atoms with Crippen LogP contribution in [0.2, 0.25) is 0 Å². The van der Waals surface area contributed by atoms with E-state index < -0.39 is 0 Å². The van der Waals surface area contributed by atoms with E-state index >= 15 is 0 Å². The minimum atomic E-state index is 0.759. The van der Waals surface area contributed by atoms with Crippen LogP contribution in [0.3, 0.4) is 0 Å². The Labute approximate surface area is 95.3 Å². The van der Waals surface area contributed by atoms with Gasteiger partial charge in [0.15, 0.2) is 0 Å².